The molecule has 1 heterocycles. The highest BCUT2D eigenvalue weighted by molar-refractivity contribution is 5.93. The Hall–Kier alpha value is -3.06. The van der Waals surface area contributed by atoms with Crippen molar-refractivity contribution in [2.45, 2.75) is 5.92 Å². The van der Waals surface area contributed by atoms with Crippen molar-refractivity contribution in [1.82, 2.24) is 0 Å². The van der Waals surface area contributed by atoms with E-state index in [9.17, 15) is 5.26 Å². The number of rotatable bonds is 3. The highest BCUT2D eigenvalue weighted by Gasteiger charge is 2.29. The van der Waals surface area contributed by atoms with Crippen molar-refractivity contribution in [2.75, 3.05) is 7.11 Å². The summed E-state index contributed by atoms with van der Waals surface area (Å²) in [5.74, 6) is 0.599. The summed E-state index contributed by atoms with van der Waals surface area (Å²) in [6, 6.07) is 19.8. The van der Waals surface area contributed by atoms with Gasteiger partial charge in [0.1, 0.15) is 17.5 Å². The lowest BCUT2D eigenvalue weighted by atomic mass is 9.83. The van der Waals surface area contributed by atoms with Gasteiger partial charge in [-0.05, 0) is 35.9 Å². The lowest BCUT2D eigenvalue weighted by Crippen LogP contribution is -2.30. The summed E-state index contributed by atoms with van der Waals surface area (Å²) >= 11 is 0. The number of nitrogens with zero attached hydrogens (tertiary/aromatic N) is 2. The number of ether oxygens (including phenoxy) is 1. The molecule has 4 heteroatoms. The number of amidine groups is 1. The zero-order chi connectivity index (χ0) is 16.2. The maximum absolute atomic E-state index is 9.46. The molecule has 2 atom stereocenters. The van der Waals surface area contributed by atoms with Crippen LogP contribution in [0.3, 0.4) is 0 Å². The average molecular weight is 303 g/mol. The molecule has 1 aliphatic rings. The first-order valence-corrected chi connectivity index (χ1v) is 7.38. The highest BCUT2D eigenvalue weighted by atomic mass is 16.5. The summed E-state index contributed by atoms with van der Waals surface area (Å²) in [5, 5.41) is 9.46. The Morgan fingerprint density at radius 1 is 1.09 bits per heavy atom. The molecule has 2 N–H and O–H groups in total. The number of nitriles is 1. The van der Waals surface area contributed by atoms with Gasteiger partial charge in [-0.3, -0.25) is 0 Å². The van der Waals surface area contributed by atoms with Crippen LogP contribution in [0.5, 0.6) is 5.75 Å². The van der Waals surface area contributed by atoms with Crippen molar-refractivity contribution in [1.29, 1.82) is 5.26 Å². The first-order valence-electron chi connectivity index (χ1n) is 7.38. The quantitative estimate of drug-likeness (QED) is 0.945. The molecule has 114 valence electrons. The topological polar surface area (TPSA) is 71.4 Å². The van der Waals surface area contributed by atoms with Crippen molar-refractivity contribution >= 4 is 11.5 Å². The standard InChI is InChI=1S/C19H17N3O/c1-23-15-9-7-14(8-10-15)18-11-16(13-5-3-2-4-6-13)17(12-20)19(21)22-18/h2-11,16-17H,1H3,(H2,21,22). The second-order valence-corrected chi connectivity index (χ2v) is 5.36. The van der Waals surface area contributed by atoms with Gasteiger partial charge in [0.25, 0.3) is 0 Å². The lowest BCUT2D eigenvalue weighted by Gasteiger charge is -2.24. The van der Waals surface area contributed by atoms with E-state index in [1.165, 1.54) is 0 Å². The third-order valence-corrected chi connectivity index (χ3v) is 3.97. The zero-order valence-corrected chi connectivity index (χ0v) is 12.8. The fourth-order valence-corrected chi connectivity index (χ4v) is 2.73. The van der Waals surface area contributed by atoms with Crippen molar-refractivity contribution in [3.05, 3.63) is 71.8 Å². The summed E-state index contributed by atoms with van der Waals surface area (Å²) in [4.78, 5) is 4.43. The van der Waals surface area contributed by atoms with Gasteiger partial charge in [-0.15, -0.1) is 0 Å². The molecule has 2 aromatic carbocycles. The number of aliphatic imine (C=N–C) groups is 1. The molecule has 0 saturated heterocycles. The molecule has 0 bridgehead atoms. The van der Waals surface area contributed by atoms with Gasteiger partial charge in [0.05, 0.1) is 18.9 Å². The second kappa shape index (κ2) is 6.37. The minimum absolute atomic E-state index is 0.101. The normalized spacial score (nSPS) is 20.2. The van der Waals surface area contributed by atoms with Gasteiger partial charge in [-0.25, -0.2) is 4.99 Å². The molecule has 0 saturated carbocycles. The number of nitrogens with two attached hydrogens (primary N) is 1. The molecule has 0 radical (unpaired) electrons. The second-order valence-electron chi connectivity index (χ2n) is 5.36. The Morgan fingerprint density at radius 2 is 1.78 bits per heavy atom. The molecule has 0 aromatic heterocycles. The van der Waals surface area contributed by atoms with Gasteiger partial charge in [0, 0.05) is 11.5 Å². The van der Waals surface area contributed by atoms with Crippen LogP contribution in [-0.4, -0.2) is 12.9 Å². The molecule has 2 unspecified atom stereocenters. The molecule has 3 rings (SSSR count). The number of benzene rings is 2. The smallest absolute Gasteiger partial charge is 0.118 e. The summed E-state index contributed by atoms with van der Waals surface area (Å²) in [5.41, 5.74) is 8.85. The van der Waals surface area contributed by atoms with Gasteiger partial charge >= 0.3 is 0 Å². The fourth-order valence-electron chi connectivity index (χ4n) is 2.73. The molecule has 1 aliphatic heterocycles. The van der Waals surface area contributed by atoms with Crippen LogP contribution in [0.2, 0.25) is 0 Å². The van der Waals surface area contributed by atoms with E-state index < -0.39 is 5.92 Å². The maximum atomic E-state index is 9.46. The van der Waals surface area contributed by atoms with Gasteiger partial charge in [-0.1, -0.05) is 30.3 Å². The molecule has 4 nitrogen and oxygen atoms in total. The predicted octanol–water partition coefficient (Wildman–Crippen LogP) is 3.33. The van der Waals surface area contributed by atoms with E-state index in [0.29, 0.717) is 5.84 Å². The molecule has 0 fully saturated rings. The monoisotopic (exact) mass is 303 g/mol. The van der Waals surface area contributed by atoms with Crippen LogP contribution in [0.15, 0.2) is 65.7 Å². The molecule has 0 spiro atoms. The third kappa shape index (κ3) is 2.95. The zero-order valence-electron chi connectivity index (χ0n) is 12.8. The molecular formula is C19H17N3O. The van der Waals surface area contributed by atoms with Crippen LogP contribution in [0.25, 0.3) is 5.70 Å². The van der Waals surface area contributed by atoms with E-state index in [0.717, 1.165) is 22.6 Å². The van der Waals surface area contributed by atoms with Crippen molar-refractivity contribution in [2.24, 2.45) is 16.6 Å². The van der Waals surface area contributed by atoms with Crippen molar-refractivity contribution in [3.8, 4) is 11.8 Å². The van der Waals surface area contributed by atoms with Crippen LogP contribution in [-0.2, 0) is 0 Å². The van der Waals surface area contributed by atoms with Gasteiger partial charge in [0.2, 0.25) is 0 Å². The minimum Gasteiger partial charge on any atom is -0.497 e. The molecular weight excluding hydrogens is 286 g/mol. The third-order valence-electron chi connectivity index (χ3n) is 3.97. The average Bonchev–Trinajstić information content (AvgIpc) is 2.62. The van der Waals surface area contributed by atoms with E-state index >= 15 is 0 Å². The predicted molar refractivity (Wildman–Crippen MR) is 90.9 cm³/mol. The number of hydrogen-bond acceptors (Lipinski definition) is 4. The number of methoxy groups -OCH3 is 1. The van der Waals surface area contributed by atoms with Crippen LogP contribution < -0.4 is 10.5 Å². The summed E-state index contributed by atoms with van der Waals surface area (Å²) in [7, 11) is 1.63. The van der Waals surface area contributed by atoms with Crippen LogP contribution in [0.1, 0.15) is 17.0 Å². The highest BCUT2D eigenvalue weighted by Crippen LogP contribution is 2.34. The van der Waals surface area contributed by atoms with E-state index in [2.05, 4.69) is 11.1 Å². The van der Waals surface area contributed by atoms with Gasteiger partial charge < -0.3 is 10.5 Å². The number of hydrogen-bond donors (Lipinski definition) is 1. The molecule has 23 heavy (non-hydrogen) atoms. The Bertz CT molecular complexity index is 786. The van der Waals surface area contributed by atoms with E-state index in [1.807, 2.05) is 60.7 Å². The fraction of sp³-hybridized carbons (Fsp3) is 0.158. The summed E-state index contributed by atoms with van der Waals surface area (Å²) < 4.78 is 5.18. The first-order chi connectivity index (χ1) is 11.2. The van der Waals surface area contributed by atoms with E-state index in [1.54, 1.807) is 7.11 Å². The summed E-state index contributed by atoms with van der Waals surface area (Å²) in [6.07, 6.45) is 2.02. The van der Waals surface area contributed by atoms with Gasteiger partial charge in [-0.2, -0.15) is 5.26 Å². The Kier molecular flexibility index (Phi) is 4.11. The minimum atomic E-state index is -0.445. The van der Waals surface area contributed by atoms with Crippen LogP contribution in [0, 0.1) is 17.2 Å². The Morgan fingerprint density at radius 3 is 2.39 bits per heavy atom. The Balaban J connectivity index is 2.03. The first kappa shape index (κ1) is 14.9. The lowest BCUT2D eigenvalue weighted by molar-refractivity contribution is 0.415. The maximum Gasteiger partial charge on any atom is 0.118 e. The molecule has 2 aromatic rings. The van der Waals surface area contributed by atoms with Crippen LogP contribution in [0.4, 0.5) is 0 Å². The summed E-state index contributed by atoms with van der Waals surface area (Å²) in [6.45, 7) is 0. The van der Waals surface area contributed by atoms with Crippen molar-refractivity contribution < 1.29 is 4.74 Å². The van der Waals surface area contributed by atoms with E-state index in [-0.39, 0.29) is 5.92 Å². The Labute approximate surface area is 135 Å². The molecule has 0 aliphatic carbocycles. The van der Waals surface area contributed by atoms with Gasteiger partial charge in [0.15, 0.2) is 0 Å². The van der Waals surface area contributed by atoms with Crippen LogP contribution >= 0.6 is 0 Å². The van der Waals surface area contributed by atoms with E-state index in [4.69, 9.17) is 10.5 Å². The molecule has 0 amide bonds. The SMILES string of the molecule is COc1ccc(C2=CC(c3ccccc3)C(C#N)C(N)=N2)cc1. The largest absolute Gasteiger partial charge is 0.497 e. The number of allylic oxidation sites excluding steroid dienone is 1. The van der Waals surface area contributed by atoms with Crippen molar-refractivity contribution in [3.63, 3.8) is 0 Å².